The first-order chi connectivity index (χ1) is 29.1. The molecule has 0 unspecified atom stereocenters. The van der Waals surface area contributed by atoms with Crippen molar-refractivity contribution in [3.05, 3.63) is 123 Å². The molecule has 0 bridgehead atoms. The van der Waals surface area contributed by atoms with E-state index in [0.29, 0.717) is 0 Å². The van der Waals surface area contributed by atoms with Gasteiger partial charge in [0.05, 0.1) is 0 Å². The van der Waals surface area contributed by atoms with E-state index >= 15 is 0 Å². The van der Waals surface area contributed by atoms with Gasteiger partial charge in [-0.2, -0.15) is 0 Å². The highest BCUT2D eigenvalue weighted by atomic mass is 15.2. The molecule has 0 fully saturated rings. The van der Waals surface area contributed by atoms with Crippen LogP contribution in [0.5, 0.6) is 0 Å². The molecule has 4 aliphatic rings. The van der Waals surface area contributed by atoms with Gasteiger partial charge in [0, 0.05) is 34.1 Å². The van der Waals surface area contributed by atoms with Crippen molar-refractivity contribution in [2.75, 3.05) is 9.80 Å². The molecule has 0 N–H and O–H groups in total. The van der Waals surface area contributed by atoms with E-state index in [1.807, 2.05) is 0 Å². The molecule has 9 rings (SSSR count). The zero-order valence-corrected chi connectivity index (χ0v) is 43.8. The van der Waals surface area contributed by atoms with Crippen LogP contribution in [-0.4, -0.2) is 6.71 Å². The monoisotopic (exact) mass is 851 g/mol. The molecule has 2 heterocycles. The maximum absolute atomic E-state index is 2.71. The summed E-state index contributed by atoms with van der Waals surface area (Å²) < 4.78 is 0. The van der Waals surface area contributed by atoms with Gasteiger partial charge < -0.3 is 9.80 Å². The first-order valence-electron chi connectivity index (χ1n) is 24.6. The maximum Gasteiger partial charge on any atom is 0.252 e. The second-order valence-electron chi connectivity index (χ2n) is 27.7. The van der Waals surface area contributed by atoms with E-state index in [0.717, 1.165) is 12.8 Å². The molecular weight excluding hydrogens is 771 g/mol. The van der Waals surface area contributed by atoms with Crippen molar-refractivity contribution in [2.24, 2.45) is 0 Å². The Kier molecular flexibility index (Phi) is 9.44. The Morgan fingerprint density at radius 3 is 0.938 bits per heavy atom. The van der Waals surface area contributed by atoms with Crippen molar-refractivity contribution in [3.8, 4) is 0 Å². The maximum atomic E-state index is 2.71. The fourth-order valence-electron chi connectivity index (χ4n) is 12.8. The molecule has 2 aliphatic heterocycles. The molecule has 0 aromatic heterocycles. The van der Waals surface area contributed by atoms with E-state index in [4.69, 9.17) is 0 Å². The van der Waals surface area contributed by atoms with Crippen molar-refractivity contribution in [3.63, 3.8) is 0 Å². The summed E-state index contributed by atoms with van der Waals surface area (Å²) in [6, 6.07) is 30.8. The third kappa shape index (κ3) is 6.94. The predicted octanol–water partition coefficient (Wildman–Crippen LogP) is 15.2. The summed E-state index contributed by atoms with van der Waals surface area (Å²) >= 11 is 0. The van der Waals surface area contributed by atoms with E-state index in [1.54, 1.807) is 0 Å². The van der Waals surface area contributed by atoms with Gasteiger partial charge in [-0.3, -0.25) is 0 Å². The number of anilines is 6. The van der Waals surface area contributed by atoms with Crippen LogP contribution >= 0.6 is 0 Å². The van der Waals surface area contributed by atoms with E-state index in [2.05, 4.69) is 228 Å². The molecule has 0 saturated heterocycles. The molecule has 64 heavy (non-hydrogen) atoms. The fraction of sp³-hybridized carbons (Fsp3) is 0.508. The van der Waals surface area contributed by atoms with Crippen LogP contribution in [-0.2, 0) is 43.3 Å². The molecule has 5 aromatic carbocycles. The zero-order chi connectivity index (χ0) is 47.0. The van der Waals surface area contributed by atoms with Gasteiger partial charge in [-0.25, -0.2) is 0 Å². The van der Waals surface area contributed by atoms with Gasteiger partial charge in [0.2, 0.25) is 0 Å². The molecule has 336 valence electrons. The van der Waals surface area contributed by atoms with Gasteiger partial charge >= 0.3 is 0 Å². The largest absolute Gasteiger partial charge is 0.311 e. The van der Waals surface area contributed by atoms with Gasteiger partial charge in [-0.05, 0) is 178 Å². The smallest absolute Gasteiger partial charge is 0.252 e. The zero-order valence-electron chi connectivity index (χ0n) is 43.8. The van der Waals surface area contributed by atoms with Crippen molar-refractivity contribution >= 4 is 57.2 Å². The number of fused-ring (bicyclic) bond motifs is 6. The number of hydrogen-bond acceptors (Lipinski definition) is 2. The van der Waals surface area contributed by atoms with Gasteiger partial charge in [-0.15, -0.1) is 0 Å². The molecule has 0 saturated carbocycles. The summed E-state index contributed by atoms with van der Waals surface area (Å²) in [5, 5.41) is 0. The Labute approximate surface area is 389 Å². The first-order valence-corrected chi connectivity index (χ1v) is 24.6. The minimum absolute atomic E-state index is 0.0212. The van der Waals surface area contributed by atoms with Crippen LogP contribution < -0.4 is 26.2 Å². The number of nitrogens with zero attached hydrogens (tertiary/aromatic N) is 2. The highest BCUT2D eigenvalue weighted by Crippen LogP contribution is 2.55. The van der Waals surface area contributed by atoms with Crippen LogP contribution in [0.3, 0.4) is 0 Å². The van der Waals surface area contributed by atoms with Crippen LogP contribution in [0.2, 0.25) is 0 Å². The van der Waals surface area contributed by atoms with Crippen molar-refractivity contribution < 1.29 is 0 Å². The molecule has 0 spiro atoms. The van der Waals surface area contributed by atoms with Gasteiger partial charge in [0.1, 0.15) is 0 Å². The highest BCUT2D eigenvalue weighted by Gasteiger charge is 2.50. The van der Waals surface area contributed by atoms with E-state index in [9.17, 15) is 0 Å². The SMILES string of the molecule is Cc1cc2c3c(c1)N(c1cc(C(C)(C)C)cc(C(C)(C)C)c1)c1cc4c(cc1B3c1cc3c(cc1N2c1cc(C(C)(C)C)cc(C(C)(C)C)c1)C(C)(C)CC3(C)C)C(C)(C)CC4(C)C. The van der Waals surface area contributed by atoms with E-state index in [-0.39, 0.29) is 50.0 Å². The molecule has 0 atom stereocenters. The number of rotatable bonds is 2. The lowest BCUT2D eigenvalue weighted by Crippen LogP contribution is -2.62. The Bertz CT molecular complexity index is 2530. The van der Waals surface area contributed by atoms with Crippen LogP contribution in [0, 0.1) is 6.92 Å². The summed E-state index contributed by atoms with van der Waals surface area (Å²) in [6.45, 7) is 50.7. The van der Waals surface area contributed by atoms with E-state index < -0.39 is 0 Å². The molecule has 5 aromatic rings. The van der Waals surface area contributed by atoms with Crippen molar-refractivity contribution in [1.82, 2.24) is 0 Å². The lowest BCUT2D eigenvalue weighted by molar-refractivity contribution is 0.403. The number of benzene rings is 5. The summed E-state index contributed by atoms with van der Waals surface area (Å²) in [5.41, 5.74) is 25.1. The predicted molar refractivity (Wildman–Crippen MR) is 281 cm³/mol. The van der Waals surface area contributed by atoms with Crippen LogP contribution in [0.4, 0.5) is 34.1 Å². The third-order valence-electron chi connectivity index (χ3n) is 16.0. The van der Waals surface area contributed by atoms with E-state index in [1.165, 1.54) is 101 Å². The Morgan fingerprint density at radius 2 is 0.656 bits per heavy atom. The van der Waals surface area contributed by atoms with Gasteiger partial charge in [0.15, 0.2) is 0 Å². The normalized spacial score (nSPS) is 19.0. The second kappa shape index (κ2) is 13.4. The van der Waals surface area contributed by atoms with Gasteiger partial charge in [0.25, 0.3) is 6.71 Å². The molecule has 2 aliphatic carbocycles. The summed E-state index contributed by atoms with van der Waals surface area (Å²) in [6.07, 6.45) is 2.27. The average Bonchev–Trinajstić information content (AvgIpc) is 3.44. The summed E-state index contributed by atoms with van der Waals surface area (Å²) in [4.78, 5) is 5.42. The minimum atomic E-state index is -0.0212. The molecular formula is C61H79BN2. The Hall–Kier alpha value is -4.24. The first kappa shape index (κ1) is 44.9. The van der Waals surface area contributed by atoms with Crippen LogP contribution in [0.1, 0.15) is 201 Å². The molecule has 3 heteroatoms. The fourth-order valence-corrected chi connectivity index (χ4v) is 12.8. The molecule has 2 nitrogen and oxygen atoms in total. The summed E-state index contributed by atoms with van der Waals surface area (Å²) in [7, 11) is 0. The lowest BCUT2D eigenvalue weighted by Gasteiger charge is -2.46. The van der Waals surface area contributed by atoms with Crippen molar-refractivity contribution in [2.45, 2.75) is 202 Å². The van der Waals surface area contributed by atoms with Crippen LogP contribution in [0.25, 0.3) is 0 Å². The highest BCUT2D eigenvalue weighted by molar-refractivity contribution is 7.00. The number of hydrogen-bond donors (Lipinski definition) is 0. The lowest BCUT2D eigenvalue weighted by atomic mass is 9.33. The van der Waals surface area contributed by atoms with Crippen LogP contribution in [0.15, 0.2) is 72.8 Å². The minimum Gasteiger partial charge on any atom is -0.311 e. The topological polar surface area (TPSA) is 6.48 Å². The Morgan fingerprint density at radius 1 is 0.375 bits per heavy atom. The third-order valence-corrected chi connectivity index (χ3v) is 16.0. The number of aryl methyl sites for hydroxylation is 1. The standard InChI is InChI=1S/C61H79BN2/c1-36-22-51-53-52(23-36)64(42-28-39(56(8,9)10)25-40(29-42)57(11,12)13)50-33-46-44(59(16,17)35-61(46,20)21)31-48(50)62(53)47-30-43-45(60(18,19)34-58(43,14)15)32-49(47)63(51)41-26-37(54(2,3)4)24-38(27-41)55(5,6)7/h22-33H,34-35H2,1-21H3. The molecule has 0 amide bonds. The second-order valence-corrected chi connectivity index (χ2v) is 27.7. The van der Waals surface area contributed by atoms with Crippen molar-refractivity contribution in [1.29, 1.82) is 0 Å². The van der Waals surface area contributed by atoms with Gasteiger partial charge in [-0.1, -0.05) is 163 Å². The average molecular weight is 851 g/mol. The summed E-state index contributed by atoms with van der Waals surface area (Å²) in [5.74, 6) is 0. The molecule has 0 radical (unpaired) electrons. The quantitative estimate of drug-likeness (QED) is 0.160. The Balaban J connectivity index is 1.47.